The first-order chi connectivity index (χ1) is 8.92. The normalized spacial score (nSPS) is 14.2. The Balaban J connectivity index is 2.96. The minimum Gasteiger partial charge on any atom is -0.494 e. The van der Waals surface area contributed by atoms with E-state index in [0.29, 0.717) is 6.42 Å². The Bertz CT molecular complexity index is 450. The maximum absolute atomic E-state index is 13.7. The van der Waals surface area contributed by atoms with Crippen LogP contribution in [-0.2, 0) is 4.79 Å². The molecule has 0 aliphatic rings. The smallest absolute Gasteiger partial charge is 0.320 e. The largest absolute Gasteiger partial charge is 0.494 e. The fraction of sp³-hybridized carbons (Fsp3) is 0.500. The lowest BCUT2D eigenvalue weighted by atomic mass is 10.0. The fourth-order valence-electron chi connectivity index (χ4n) is 2.08. The zero-order valence-corrected chi connectivity index (χ0v) is 11.7. The van der Waals surface area contributed by atoms with E-state index in [4.69, 9.17) is 9.84 Å². The Kier molecular flexibility index (Phi) is 5.30. The number of aliphatic carboxylic acids is 1. The number of hydrogen-bond donors (Lipinski definition) is 1. The van der Waals surface area contributed by atoms with Gasteiger partial charge in [0.05, 0.1) is 7.11 Å². The zero-order valence-electron chi connectivity index (χ0n) is 11.7. The highest BCUT2D eigenvalue weighted by Gasteiger charge is 2.25. The molecule has 0 fully saturated rings. The number of rotatable bonds is 6. The van der Waals surface area contributed by atoms with Crippen LogP contribution in [0.1, 0.15) is 31.9 Å². The van der Waals surface area contributed by atoms with Crippen LogP contribution >= 0.6 is 0 Å². The van der Waals surface area contributed by atoms with Crippen LogP contribution in [0, 0.1) is 5.82 Å². The highest BCUT2D eigenvalue weighted by Crippen LogP contribution is 2.26. The van der Waals surface area contributed by atoms with Crippen LogP contribution in [0.3, 0.4) is 0 Å². The minimum absolute atomic E-state index is 0.184. The van der Waals surface area contributed by atoms with Crippen molar-refractivity contribution in [1.82, 2.24) is 4.90 Å². The van der Waals surface area contributed by atoms with Crippen LogP contribution in [0.25, 0.3) is 0 Å². The Morgan fingerprint density at radius 2 is 2.16 bits per heavy atom. The molecule has 0 aromatic heterocycles. The number of carboxylic acid groups (broad SMARTS) is 1. The van der Waals surface area contributed by atoms with Gasteiger partial charge in [-0.3, -0.25) is 9.69 Å². The molecule has 4 nitrogen and oxygen atoms in total. The Morgan fingerprint density at radius 3 is 2.58 bits per heavy atom. The van der Waals surface area contributed by atoms with Crippen LogP contribution in [0.4, 0.5) is 4.39 Å². The molecule has 0 amide bonds. The van der Waals surface area contributed by atoms with Crippen molar-refractivity contribution in [3.8, 4) is 5.75 Å². The first kappa shape index (κ1) is 15.4. The third-order valence-corrected chi connectivity index (χ3v) is 3.43. The van der Waals surface area contributed by atoms with Gasteiger partial charge in [-0.15, -0.1) is 0 Å². The molecule has 0 saturated heterocycles. The summed E-state index contributed by atoms with van der Waals surface area (Å²) in [6, 6.07) is 3.91. The number of methoxy groups -OCH3 is 1. The summed E-state index contributed by atoms with van der Waals surface area (Å²) in [6.45, 7) is 3.67. The molecule has 1 rings (SSSR count). The molecule has 0 bridgehead atoms. The van der Waals surface area contributed by atoms with Crippen molar-refractivity contribution in [3.63, 3.8) is 0 Å². The molecule has 0 aliphatic heterocycles. The minimum atomic E-state index is -0.870. The van der Waals surface area contributed by atoms with Crippen molar-refractivity contribution in [1.29, 1.82) is 0 Å². The van der Waals surface area contributed by atoms with Crippen molar-refractivity contribution in [2.45, 2.75) is 32.4 Å². The van der Waals surface area contributed by atoms with Crippen LogP contribution in [0.2, 0.25) is 0 Å². The molecular weight excluding hydrogens is 249 g/mol. The van der Waals surface area contributed by atoms with Gasteiger partial charge in [0.2, 0.25) is 0 Å². The number of likely N-dealkylation sites (N-methyl/N-ethyl adjacent to an activating group) is 1. The van der Waals surface area contributed by atoms with Gasteiger partial charge in [-0.2, -0.15) is 0 Å². The number of ether oxygens (including phenoxy) is 1. The van der Waals surface area contributed by atoms with E-state index in [1.807, 2.05) is 13.8 Å². The SMILES string of the molecule is CCC(C(=O)O)N(C)C(C)c1ccc(OC)c(F)c1. The summed E-state index contributed by atoms with van der Waals surface area (Å²) in [5.41, 5.74) is 0.723. The van der Waals surface area contributed by atoms with E-state index >= 15 is 0 Å². The molecule has 1 aromatic carbocycles. The summed E-state index contributed by atoms with van der Waals surface area (Å²) in [6.07, 6.45) is 0.495. The highest BCUT2D eigenvalue weighted by atomic mass is 19.1. The number of benzene rings is 1. The molecule has 1 N–H and O–H groups in total. The van der Waals surface area contributed by atoms with Crippen LogP contribution < -0.4 is 4.74 Å². The number of nitrogens with zero attached hydrogens (tertiary/aromatic N) is 1. The van der Waals surface area contributed by atoms with Gasteiger partial charge >= 0.3 is 5.97 Å². The number of carboxylic acids is 1. The lowest BCUT2D eigenvalue weighted by molar-refractivity contribution is -0.143. The molecule has 2 atom stereocenters. The second kappa shape index (κ2) is 6.52. The third-order valence-electron chi connectivity index (χ3n) is 3.43. The molecule has 19 heavy (non-hydrogen) atoms. The molecule has 1 aromatic rings. The molecule has 0 spiro atoms. The second-order valence-corrected chi connectivity index (χ2v) is 4.50. The van der Waals surface area contributed by atoms with Gasteiger partial charge in [0, 0.05) is 6.04 Å². The molecule has 0 aliphatic carbocycles. The summed E-state index contributed by atoms with van der Waals surface area (Å²) in [7, 11) is 3.14. The first-order valence-electron chi connectivity index (χ1n) is 6.20. The van der Waals surface area contributed by atoms with E-state index in [1.54, 1.807) is 24.1 Å². The molecule has 0 radical (unpaired) electrons. The van der Waals surface area contributed by atoms with Gasteiger partial charge in [-0.25, -0.2) is 4.39 Å². The van der Waals surface area contributed by atoms with Gasteiger partial charge in [-0.1, -0.05) is 13.0 Å². The van der Waals surface area contributed by atoms with Crippen molar-refractivity contribution in [3.05, 3.63) is 29.6 Å². The summed E-state index contributed by atoms with van der Waals surface area (Å²) in [5.74, 6) is -1.13. The fourth-order valence-corrected chi connectivity index (χ4v) is 2.08. The predicted molar refractivity (Wildman–Crippen MR) is 70.8 cm³/mol. The van der Waals surface area contributed by atoms with Crippen LogP contribution in [-0.4, -0.2) is 36.2 Å². The van der Waals surface area contributed by atoms with E-state index in [-0.39, 0.29) is 11.8 Å². The standard InChI is InChI=1S/C14H20FNO3/c1-5-12(14(17)18)16(3)9(2)10-6-7-13(19-4)11(15)8-10/h6-9,12H,5H2,1-4H3,(H,17,18). The quantitative estimate of drug-likeness (QED) is 0.862. The Labute approximate surface area is 112 Å². The molecule has 106 valence electrons. The van der Waals surface area contributed by atoms with E-state index in [9.17, 15) is 9.18 Å². The predicted octanol–water partition coefficient (Wildman–Crippen LogP) is 2.69. The monoisotopic (exact) mass is 269 g/mol. The Hall–Kier alpha value is -1.62. The molecule has 0 saturated carbocycles. The topological polar surface area (TPSA) is 49.8 Å². The number of hydrogen-bond acceptors (Lipinski definition) is 3. The highest BCUT2D eigenvalue weighted by molar-refractivity contribution is 5.73. The van der Waals surface area contributed by atoms with Crippen molar-refractivity contribution in [2.75, 3.05) is 14.2 Å². The van der Waals surface area contributed by atoms with E-state index in [2.05, 4.69) is 0 Å². The summed E-state index contributed by atoms with van der Waals surface area (Å²) in [5, 5.41) is 9.14. The van der Waals surface area contributed by atoms with Crippen molar-refractivity contribution >= 4 is 5.97 Å². The molecule has 0 heterocycles. The maximum Gasteiger partial charge on any atom is 0.320 e. The van der Waals surface area contributed by atoms with Gasteiger partial charge < -0.3 is 9.84 Å². The van der Waals surface area contributed by atoms with Gasteiger partial charge in [-0.05, 0) is 38.1 Å². The second-order valence-electron chi connectivity index (χ2n) is 4.50. The van der Waals surface area contributed by atoms with E-state index < -0.39 is 17.8 Å². The number of carbonyl (C=O) groups is 1. The van der Waals surface area contributed by atoms with Crippen LogP contribution in [0.5, 0.6) is 5.75 Å². The third kappa shape index (κ3) is 3.44. The van der Waals surface area contributed by atoms with Crippen molar-refractivity contribution < 1.29 is 19.0 Å². The maximum atomic E-state index is 13.7. The van der Waals surface area contributed by atoms with Gasteiger partial charge in [0.15, 0.2) is 11.6 Å². The summed E-state index contributed by atoms with van der Waals surface area (Å²) >= 11 is 0. The van der Waals surface area contributed by atoms with Crippen LogP contribution in [0.15, 0.2) is 18.2 Å². The molecule has 5 heteroatoms. The molecule has 2 unspecified atom stereocenters. The molecular formula is C14H20FNO3. The summed E-state index contributed by atoms with van der Waals surface area (Å²) < 4.78 is 18.5. The lowest BCUT2D eigenvalue weighted by Crippen LogP contribution is -2.39. The lowest BCUT2D eigenvalue weighted by Gasteiger charge is -2.30. The average molecular weight is 269 g/mol. The number of halogens is 1. The zero-order chi connectivity index (χ0) is 14.6. The van der Waals surface area contributed by atoms with Gasteiger partial charge in [0.25, 0.3) is 0 Å². The van der Waals surface area contributed by atoms with E-state index in [1.165, 1.54) is 13.2 Å². The van der Waals surface area contributed by atoms with Crippen molar-refractivity contribution in [2.24, 2.45) is 0 Å². The average Bonchev–Trinajstić information content (AvgIpc) is 2.37. The van der Waals surface area contributed by atoms with Gasteiger partial charge in [0.1, 0.15) is 6.04 Å². The van der Waals surface area contributed by atoms with E-state index in [0.717, 1.165) is 5.56 Å². The summed E-state index contributed by atoms with van der Waals surface area (Å²) in [4.78, 5) is 12.9. The Morgan fingerprint density at radius 1 is 1.53 bits per heavy atom. The first-order valence-corrected chi connectivity index (χ1v) is 6.20.